The largest absolute Gasteiger partial charge is 0.355 e. The van der Waals surface area contributed by atoms with Gasteiger partial charge in [0, 0.05) is 37.6 Å². The Balaban J connectivity index is 1.91. The maximum Gasteiger partial charge on any atom is 0.257 e. The maximum absolute atomic E-state index is 13.8. The van der Waals surface area contributed by atoms with E-state index >= 15 is 0 Å². The van der Waals surface area contributed by atoms with Crippen molar-refractivity contribution in [1.82, 2.24) is 15.2 Å². The molecule has 6 nitrogen and oxygen atoms in total. The molecule has 0 saturated heterocycles. The van der Waals surface area contributed by atoms with Crippen LogP contribution in [0.3, 0.4) is 0 Å². The van der Waals surface area contributed by atoms with Crippen LogP contribution in [0.5, 0.6) is 0 Å². The molecule has 0 spiro atoms. The van der Waals surface area contributed by atoms with Crippen LogP contribution in [0.1, 0.15) is 64.4 Å². The van der Waals surface area contributed by atoms with Crippen molar-refractivity contribution in [2.75, 3.05) is 7.05 Å². The van der Waals surface area contributed by atoms with Gasteiger partial charge in [-0.25, -0.2) is 8.78 Å². The second kappa shape index (κ2) is 8.98. The Morgan fingerprint density at radius 1 is 1.07 bits per heavy atom. The summed E-state index contributed by atoms with van der Waals surface area (Å²) >= 11 is 0. The summed E-state index contributed by atoms with van der Waals surface area (Å²) < 4.78 is 28.9. The number of carbonyl (C=O) groups excluding carboxylic acids is 2. The van der Waals surface area contributed by atoms with Crippen LogP contribution in [0.15, 0.2) is 35.4 Å². The minimum atomic E-state index is -0.742. The Morgan fingerprint density at radius 2 is 1.72 bits per heavy atom. The van der Waals surface area contributed by atoms with Crippen molar-refractivity contribution in [1.29, 1.82) is 0 Å². The van der Waals surface area contributed by atoms with E-state index in [1.807, 2.05) is 0 Å². The van der Waals surface area contributed by atoms with E-state index in [1.165, 1.54) is 19.4 Å². The molecule has 0 radical (unpaired) electrons. The minimum absolute atomic E-state index is 0.0339. The predicted molar refractivity (Wildman–Crippen MR) is 104 cm³/mol. The summed E-state index contributed by atoms with van der Waals surface area (Å²) in [5.74, 6) is -2.61. The van der Waals surface area contributed by atoms with Crippen LogP contribution in [0.2, 0.25) is 0 Å². The molecule has 1 aliphatic rings. The molecule has 0 bridgehead atoms. The molecule has 8 heteroatoms. The normalized spacial score (nSPS) is 14.4. The highest BCUT2D eigenvalue weighted by atomic mass is 19.1. The molecule has 1 aliphatic carbocycles. The lowest BCUT2D eigenvalue weighted by atomic mass is 9.95. The summed E-state index contributed by atoms with van der Waals surface area (Å²) in [7, 11) is 1.41. The topological polar surface area (TPSA) is 80.2 Å². The van der Waals surface area contributed by atoms with E-state index in [9.17, 15) is 23.2 Å². The number of aromatic nitrogens is 1. The summed E-state index contributed by atoms with van der Waals surface area (Å²) in [5, 5.41) is 4.86. The number of carbonyl (C=O) groups is 2. The minimum Gasteiger partial charge on any atom is -0.355 e. The first-order valence-corrected chi connectivity index (χ1v) is 9.60. The second-order valence-corrected chi connectivity index (χ2v) is 7.15. The summed E-state index contributed by atoms with van der Waals surface area (Å²) in [6, 6.07) is 3.03. The number of halogens is 2. The standard InChI is InChI=1S/C21H23F2N3O3/c1-24-20(28)16-11-26(15-5-3-2-4-6-15)12-17(19(16)27)21(29)25-10-13-9-14(22)7-8-18(13)23/h7-9,11-12,15H,2-6,10H2,1H3,(H,24,28)(H,25,29). The van der Waals surface area contributed by atoms with E-state index in [1.54, 1.807) is 4.57 Å². The van der Waals surface area contributed by atoms with Gasteiger partial charge in [-0.1, -0.05) is 19.3 Å². The molecule has 0 atom stereocenters. The van der Waals surface area contributed by atoms with Crippen molar-refractivity contribution >= 4 is 11.8 Å². The Morgan fingerprint density at radius 3 is 2.38 bits per heavy atom. The molecule has 1 aromatic carbocycles. The third-order valence-corrected chi connectivity index (χ3v) is 5.21. The monoisotopic (exact) mass is 403 g/mol. The molecule has 1 saturated carbocycles. The van der Waals surface area contributed by atoms with Crippen molar-refractivity contribution in [2.45, 2.75) is 44.7 Å². The van der Waals surface area contributed by atoms with E-state index < -0.39 is 28.9 Å². The van der Waals surface area contributed by atoms with Crippen LogP contribution in [-0.4, -0.2) is 23.4 Å². The van der Waals surface area contributed by atoms with Crippen LogP contribution < -0.4 is 16.1 Å². The zero-order chi connectivity index (χ0) is 21.0. The first kappa shape index (κ1) is 20.7. The fourth-order valence-electron chi connectivity index (χ4n) is 3.60. The Labute approximate surface area is 166 Å². The fraction of sp³-hybridized carbons (Fsp3) is 0.381. The van der Waals surface area contributed by atoms with Gasteiger partial charge in [0.1, 0.15) is 22.8 Å². The van der Waals surface area contributed by atoms with E-state index in [0.29, 0.717) is 0 Å². The first-order chi connectivity index (χ1) is 13.9. The molecule has 0 unspecified atom stereocenters. The molecule has 1 aromatic heterocycles. The Bertz CT molecular complexity index is 982. The molecule has 3 rings (SSSR count). The number of hydrogen-bond donors (Lipinski definition) is 2. The SMILES string of the molecule is CNC(=O)c1cn(C2CCCCC2)cc(C(=O)NCc2cc(F)ccc2F)c1=O. The molecule has 154 valence electrons. The van der Waals surface area contributed by atoms with Gasteiger partial charge in [-0.3, -0.25) is 14.4 Å². The second-order valence-electron chi connectivity index (χ2n) is 7.15. The zero-order valence-electron chi connectivity index (χ0n) is 16.1. The molecule has 29 heavy (non-hydrogen) atoms. The van der Waals surface area contributed by atoms with Gasteiger partial charge in [0.15, 0.2) is 0 Å². The van der Waals surface area contributed by atoms with Crippen molar-refractivity contribution in [2.24, 2.45) is 0 Å². The molecule has 1 heterocycles. The number of nitrogens with one attached hydrogen (secondary N) is 2. The van der Waals surface area contributed by atoms with Crippen LogP contribution in [0, 0.1) is 11.6 Å². The predicted octanol–water partition coefficient (Wildman–Crippen LogP) is 2.92. The average molecular weight is 403 g/mol. The zero-order valence-corrected chi connectivity index (χ0v) is 16.1. The van der Waals surface area contributed by atoms with Crippen molar-refractivity contribution in [3.8, 4) is 0 Å². The number of benzene rings is 1. The van der Waals surface area contributed by atoms with Gasteiger partial charge in [-0.2, -0.15) is 0 Å². The maximum atomic E-state index is 13.8. The molecular weight excluding hydrogens is 380 g/mol. The lowest BCUT2D eigenvalue weighted by Gasteiger charge is -2.25. The third-order valence-electron chi connectivity index (χ3n) is 5.21. The van der Waals surface area contributed by atoms with Gasteiger partial charge in [-0.15, -0.1) is 0 Å². The third kappa shape index (κ3) is 4.70. The molecule has 1 fully saturated rings. The highest BCUT2D eigenvalue weighted by Crippen LogP contribution is 2.28. The van der Waals surface area contributed by atoms with Crippen LogP contribution in [0.25, 0.3) is 0 Å². The summed E-state index contributed by atoms with van der Waals surface area (Å²) in [4.78, 5) is 37.5. The number of rotatable bonds is 5. The van der Waals surface area contributed by atoms with Gasteiger partial charge < -0.3 is 15.2 Å². The summed E-state index contributed by atoms with van der Waals surface area (Å²) in [5.41, 5.74) is -1.06. The van der Waals surface area contributed by atoms with Gasteiger partial charge in [-0.05, 0) is 31.0 Å². The first-order valence-electron chi connectivity index (χ1n) is 9.60. The Hall–Kier alpha value is -3.03. The number of hydrogen-bond acceptors (Lipinski definition) is 3. The highest BCUT2D eigenvalue weighted by Gasteiger charge is 2.22. The molecule has 2 aromatic rings. The lowest BCUT2D eigenvalue weighted by molar-refractivity contribution is 0.0948. The quantitative estimate of drug-likeness (QED) is 0.806. The van der Waals surface area contributed by atoms with Gasteiger partial charge in [0.2, 0.25) is 5.43 Å². The number of amides is 2. The van der Waals surface area contributed by atoms with Crippen LogP contribution >= 0.6 is 0 Å². The van der Waals surface area contributed by atoms with E-state index in [4.69, 9.17) is 0 Å². The van der Waals surface area contributed by atoms with E-state index in [2.05, 4.69) is 10.6 Å². The molecule has 0 aliphatic heterocycles. The number of pyridine rings is 1. The summed E-state index contributed by atoms with van der Waals surface area (Å²) in [6.45, 7) is -0.282. The molecule has 2 amide bonds. The van der Waals surface area contributed by atoms with Gasteiger partial charge in [0.25, 0.3) is 11.8 Å². The van der Waals surface area contributed by atoms with Gasteiger partial charge in [0.05, 0.1) is 0 Å². The van der Waals surface area contributed by atoms with Crippen molar-refractivity contribution in [3.63, 3.8) is 0 Å². The van der Waals surface area contributed by atoms with Crippen molar-refractivity contribution < 1.29 is 18.4 Å². The van der Waals surface area contributed by atoms with E-state index in [0.717, 1.165) is 50.3 Å². The highest BCUT2D eigenvalue weighted by molar-refractivity contribution is 5.99. The smallest absolute Gasteiger partial charge is 0.257 e. The number of nitrogens with zero attached hydrogens (tertiary/aromatic N) is 1. The summed E-state index contributed by atoms with van der Waals surface area (Å²) in [6.07, 6.45) is 7.92. The van der Waals surface area contributed by atoms with Crippen LogP contribution in [0.4, 0.5) is 8.78 Å². The van der Waals surface area contributed by atoms with Gasteiger partial charge >= 0.3 is 0 Å². The Kier molecular flexibility index (Phi) is 6.41. The van der Waals surface area contributed by atoms with E-state index in [-0.39, 0.29) is 29.3 Å². The molecule has 2 N–H and O–H groups in total. The lowest BCUT2D eigenvalue weighted by Crippen LogP contribution is -2.35. The van der Waals surface area contributed by atoms with Crippen molar-refractivity contribution in [3.05, 3.63) is 69.1 Å². The average Bonchev–Trinajstić information content (AvgIpc) is 2.74. The van der Waals surface area contributed by atoms with Crippen LogP contribution in [-0.2, 0) is 6.54 Å². The molecular formula is C21H23F2N3O3. The fourth-order valence-corrected chi connectivity index (χ4v) is 3.60.